The molecule has 4 N–H and O–H groups in total. The molecule has 0 aromatic heterocycles. The summed E-state index contributed by atoms with van der Waals surface area (Å²) < 4.78 is 14.5. The quantitative estimate of drug-likeness (QED) is 0.646. The van der Waals surface area contributed by atoms with Crippen LogP contribution >= 0.6 is 11.9 Å². The van der Waals surface area contributed by atoms with Crippen molar-refractivity contribution in [2.75, 3.05) is 11.6 Å². The number of hydrazine groups is 1. The molecular weight excluding hydrogens is 341 g/mol. The summed E-state index contributed by atoms with van der Waals surface area (Å²) in [4.78, 5) is 17.4. The molecule has 1 aliphatic rings. The van der Waals surface area contributed by atoms with E-state index in [-0.39, 0.29) is 5.91 Å². The Morgan fingerprint density at radius 2 is 2.12 bits per heavy atom. The molecule has 0 saturated heterocycles. The average molecular weight is 367 g/mol. The summed E-state index contributed by atoms with van der Waals surface area (Å²) in [5.41, 5.74) is 3.33. The fraction of sp³-hybridized carbons (Fsp3) is 0.529. The Morgan fingerprint density at radius 3 is 2.68 bits per heavy atom. The zero-order chi connectivity index (χ0) is 18.6. The fourth-order valence-corrected chi connectivity index (χ4v) is 2.73. The molecule has 2 rings (SSSR count). The molecule has 1 aliphatic heterocycles. The maximum absolute atomic E-state index is 14.5. The minimum atomic E-state index is -0.754. The third kappa shape index (κ3) is 5.17. The van der Waals surface area contributed by atoms with Gasteiger partial charge >= 0.3 is 0 Å². The fourth-order valence-electron chi connectivity index (χ4n) is 2.41. The lowest BCUT2D eigenvalue weighted by atomic mass is 10.1. The summed E-state index contributed by atoms with van der Waals surface area (Å²) in [7, 11) is 0. The summed E-state index contributed by atoms with van der Waals surface area (Å²) in [6, 6.07) is 4.76. The van der Waals surface area contributed by atoms with Gasteiger partial charge in [0.1, 0.15) is 11.7 Å². The van der Waals surface area contributed by atoms with Crippen LogP contribution in [-0.2, 0) is 4.79 Å². The van der Waals surface area contributed by atoms with Crippen molar-refractivity contribution < 1.29 is 9.18 Å². The number of carbonyl (C=O) groups excluding carboxylic acids is 1. The number of benzene rings is 1. The Labute approximate surface area is 152 Å². The van der Waals surface area contributed by atoms with E-state index < -0.39 is 12.0 Å². The minimum absolute atomic E-state index is 0.216. The van der Waals surface area contributed by atoms with E-state index in [1.807, 2.05) is 13.8 Å². The number of anilines is 1. The number of rotatable bonds is 7. The summed E-state index contributed by atoms with van der Waals surface area (Å²) in [5.74, 6) is 0.683. The summed E-state index contributed by atoms with van der Waals surface area (Å²) in [6.07, 6.45) is -0.121. The van der Waals surface area contributed by atoms with Gasteiger partial charge in [0.25, 0.3) is 5.91 Å². The normalized spacial score (nSPS) is 17.4. The smallest absolute Gasteiger partial charge is 0.261 e. The molecule has 0 radical (unpaired) electrons. The number of amidine groups is 1. The topological polar surface area (TPSA) is 82.8 Å². The molecule has 1 atom stereocenters. The predicted octanol–water partition coefficient (Wildman–Crippen LogP) is 2.66. The first kappa shape index (κ1) is 19.7. The molecule has 1 aromatic rings. The van der Waals surface area contributed by atoms with Crippen LogP contribution in [-0.4, -0.2) is 24.5 Å². The number of nitrogens with zero attached hydrogens (tertiary/aromatic N) is 2. The molecule has 8 heteroatoms. The summed E-state index contributed by atoms with van der Waals surface area (Å²) >= 11 is 0.987. The van der Waals surface area contributed by atoms with Crippen LogP contribution in [0.5, 0.6) is 0 Å². The molecular formula is C17H26FN5OS. The number of amides is 1. The van der Waals surface area contributed by atoms with E-state index in [9.17, 15) is 9.18 Å². The van der Waals surface area contributed by atoms with E-state index in [0.29, 0.717) is 41.2 Å². The highest BCUT2D eigenvalue weighted by molar-refractivity contribution is 7.97. The van der Waals surface area contributed by atoms with Crippen LogP contribution in [0.25, 0.3) is 0 Å². The Bertz CT molecular complexity index is 650. The SMILES string of the molecule is CC(C)CNC(=O)C1N=C(CC(C)C)N(c2ccc(SN)cc2F)N1. The van der Waals surface area contributed by atoms with E-state index >= 15 is 0 Å². The zero-order valence-corrected chi connectivity index (χ0v) is 15.9. The number of hydrogen-bond acceptors (Lipinski definition) is 6. The van der Waals surface area contributed by atoms with Crippen LogP contribution in [0, 0.1) is 17.7 Å². The molecule has 0 fully saturated rings. The molecule has 6 nitrogen and oxygen atoms in total. The molecule has 1 amide bonds. The number of nitrogens with two attached hydrogens (primary N) is 1. The van der Waals surface area contributed by atoms with E-state index in [1.165, 1.54) is 6.07 Å². The summed E-state index contributed by atoms with van der Waals surface area (Å²) in [6.45, 7) is 8.72. The largest absolute Gasteiger partial charge is 0.353 e. The monoisotopic (exact) mass is 367 g/mol. The third-order valence-electron chi connectivity index (χ3n) is 3.61. The minimum Gasteiger partial charge on any atom is -0.353 e. The van der Waals surface area contributed by atoms with Crippen molar-refractivity contribution in [1.29, 1.82) is 0 Å². The molecule has 138 valence electrons. The first-order chi connectivity index (χ1) is 11.8. The van der Waals surface area contributed by atoms with Gasteiger partial charge in [-0.25, -0.2) is 9.38 Å². The van der Waals surface area contributed by atoms with Gasteiger partial charge in [-0.3, -0.25) is 14.9 Å². The number of aliphatic imine (C=N–C) groups is 1. The van der Waals surface area contributed by atoms with Gasteiger partial charge in [-0.05, 0) is 42.0 Å². The third-order valence-corrected chi connectivity index (χ3v) is 4.13. The molecule has 1 heterocycles. The second kappa shape index (κ2) is 8.64. The van der Waals surface area contributed by atoms with E-state index in [1.54, 1.807) is 17.1 Å². The van der Waals surface area contributed by atoms with Crippen LogP contribution in [0.4, 0.5) is 10.1 Å². The van der Waals surface area contributed by atoms with Crippen LogP contribution in [0.15, 0.2) is 28.1 Å². The van der Waals surface area contributed by atoms with E-state index in [2.05, 4.69) is 29.6 Å². The van der Waals surface area contributed by atoms with Crippen LogP contribution in [0.2, 0.25) is 0 Å². The molecule has 0 saturated carbocycles. The zero-order valence-electron chi connectivity index (χ0n) is 15.0. The van der Waals surface area contributed by atoms with Gasteiger partial charge in [0.2, 0.25) is 0 Å². The van der Waals surface area contributed by atoms with Gasteiger partial charge in [0.15, 0.2) is 6.17 Å². The van der Waals surface area contributed by atoms with Crippen molar-refractivity contribution in [2.45, 2.75) is 45.2 Å². The van der Waals surface area contributed by atoms with Gasteiger partial charge < -0.3 is 5.32 Å². The van der Waals surface area contributed by atoms with Crippen molar-refractivity contribution >= 4 is 29.4 Å². The lowest BCUT2D eigenvalue weighted by Crippen LogP contribution is -2.48. The lowest BCUT2D eigenvalue weighted by molar-refractivity contribution is -0.122. The molecule has 0 bridgehead atoms. The predicted molar refractivity (Wildman–Crippen MR) is 101 cm³/mol. The molecule has 1 aromatic carbocycles. The van der Waals surface area contributed by atoms with Crippen LogP contribution < -0.4 is 20.9 Å². The lowest BCUT2D eigenvalue weighted by Gasteiger charge is -2.23. The maximum Gasteiger partial charge on any atom is 0.261 e. The molecule has 0 spiro atoms. The highest BCUT2D eigenvalue weighted by Gasteiger charge is 2.32. The highest BCUT2D eigenvalue weighted by atomic mass is 32.2. The molecule has 1 unspecified atom stereocenters. The van der Waals surface area contributed by atoms with Crippen molar-refractivity contribution in [1.82, 2.24) is 10.7 Å². The highest BCUT2D eigenvalue weighted by Crippen LogP contribution is 2.26. The Kier molecular flexibility index (Phi) is 6.80. The van der Waals surface area contributed by atoms with Gasteiger partial charge in [0.05, 0.1) is 5.69 Å². The number of nitrogens with one attached hydrogen (secondary N) is 2. The molecule has 0 aliphatic carbocycles. The Balaban J connectivity index is 2.22. The number of hydrogen-bond donors (Lipinski definition) is 3. The van der Waals surface area contributed by atoms with Crippen molar-refractivity contribution in [3.63, 3.8) is 0 Å². The first-order valence-electron chi connectivity index (χ1n) is 8.38. The average Bonchev–Trinajstić information content (AvgIpc) is 2.95. The number of carbonyl (C=O) groups is 1. The number of halogens is 1. The van der Waals surface area contributed by atoms with Crippen molar-refractivity contribution in [3.05, 3.63) is 24.0 Å². The maximum atomic E-state index is 14.5. The van der Waals surface area contributed by atoms with Gasteiger partial charge in [-0.1, -0.05) is 27.7 Å². The summed E-state index contributed by atoms with van der Waals surface area (Å²) in [5, 5.41) is 9.90. The second-order valence-electron chi connectivity index (χ2n) is 6.88. The van der Waals surface area contributed by atoms with E-state index in [4.69, 9.17) is 5.14 Å². The van der Waals surface area contributed by atoms with Crippen molar-refractivity contribution in [3.8, 4) is 0 Å². The Hall–Kier alpha value is -1.64. The van der Waals surface area contributed by atoms with Gasteiger partial charge in [0, 0.05) is 17.9 Å². The standard InChI is InChI=1S/C17H26FN5OS/c1-10(2)7-15-21-16(17(24)20-9-11(3)4)22-23(15)14-6-5-12(25-19)8-13(14)18/h5-6,8,10-11,16,22H,7,9,19H2,1-4H3,(H,20,24). The first-order valence-corrected chi connectivity index (χ1v) is 9.26. The second-order valence-corrected chi connectivity index (χ2v) is 7.59. The van der Waals surface area contributed by atoms with Crippen molar-refractivity contribution in [2.24, 2.45) is 22.0 Å². The van der Waals surface area contributed by atoms with Crippen LogP contribution in [0.1, 0.15) is 34.1 Å². The van der Waals surface area contributed by atoms with Gasteiger partial charge in [-0.2, -0.15) is 5.43 Å². The van der Waals surface area contributed by atoms with Crippen LogP contribution in [0.3, 0.4) is 0 Å². The van der Waals surface area contributed by atoms with Gasteiger partial charge in [-0.15, -0.1) is 0 Å². The molecule has 25 heavy (non-hydrogen) atoms. The van der Waals surface area contributed by atoms with E-state index in [0.717, 1.165) is 11.9 Å². The Morgan fingerprint density at radius 1 is 1.40 bits per heavy atom.